The Hall–Kier alpha value is -1.91. The topological polar surface area (TPSA) is 47.3 Å². The largest absolute Gasteiger partial charge is 0.496 e. The molecule has 0 bridgehead atoms. The summed E-state index contributed by atoms with van der Waals surface area (Å²) in [7, 11) is 1.64. The van der Waals surface area contributed by atoms with E-state index in [-0.39, 0.29) is 11.9 Å². The van der Waals surface area contributed by atoms with Gasteiger partial charge in [0, 0.05) is 0 Å². The van der Waals surface area contributed by atoms with E-state index in [2.05, 4.69) is 5.43 Å². The van der Waals surface area contributed by atoms with Crippen molar-refractivity contribution in [2.45, 2.75) is 13.0 Å². The lowest BCUT2D eigenvalue weighted by atomic mass is 9.97. The van der Waals surface area contributed by atoms with E-state index < -0.39 is 0 Å². The van der Waals surface area contributed by atoms with Crippen molar-refractivity contribution in [3.8, 4) is 5.75 Å². The van der Waals surface area contributed by atoms with Crippen molar-refractivity contribution in [2.24, 2.45) is 5.84 Å². The molecule has 3 N–H and O–H groups in total. The number of rotatable bonds is 4. The fourth-order valence-electron chi connectivity index (χ4n) is 2.12. The summed E-state index contributed by atoms with van der Waals surface area (Å²) in [6.07, 6.45) is 0. The zero-order chi connectivity index (χ0) is 13.8. The summed E-state index contributed by atoms with van der Waals surface area (Å²) in [4.78, 5) is 0. The molecule has 0 saturated carbocycles. The van der Waals surface area contributed by atoms with Gasteiger partial charge in [-0.1, -0.05) is 24.3 Å². The van der Waals surface area contributed by atoms with Crippen LogP contribution in [0.1, 0.15) is 22.7 Å². The molecular weight excluding hydrogens is 243 g/mol. The van der Waals surface area contributed by atoms with Gasteiger partial charge in [0.05, 0.1) is 13.2 Å². The predicted molar refractivity (Wildman–Crippen MR) is 73.3 cm³/mol. The molecule has 1 atom stereocenters. The van der Waals surface area contributed by atoms with Gasteiger partial charge in [-0.2, -0.15) is 0 Å². The Labute approximate surface area is 112 Å². The molecule has 2 aromatic carbocycles. The van der Waals surface area contributed by atoms with Crippen LogP contribution < -0.4 is 16.0 Å². The van der Waals surface area contributed by atoms with E-state index in [0.29, 0.717) is 0 Å². The van der Waals surface area contributed by atoms with Gasteiger partial charge in [-0.15, -0.1) is 0 Å². The second kappa shape index (κ2) is 5.82. The lowest BCUT2D eigenvalue weighted by molar-refractivity contribution is 0.411. The summed E-state index contributed by atoms with van der Waals surface area (Å²) < 4.78 is 18.2. The van der Waals surface area contributed by atoms with Crippen LogP contribution in [0.25, 0.3) is 0 Å². The molecule has 1 unspecified atom stereocenters. The molecule has 0 heterocycles. The molecule has 0 radical (unpaired) electrons. The van der Waals surface area contributed by atoms with Crippen LogP contribution in [0.3, 0.4) is 0 Å². The molecule has 0 aliphatic carbocycles. The molecule has 4 heteroatoms. The number of hydrazine groups is 1. The van der Waals surface area contributed by atoms with Crippen LogP contribution in [0.4, 0.5) is 4.39 Å². The van der Waals surface area contributed by atoms with Gasteiger partial charge < -0.3 is 4.74 Å². The molecule has 2 rings (SSSR count). The van der Waals surface area contributed by atoms with Gasteiger partial charge in [-0.3, -0.25) is 5.84 Å². The Morgan fingerprint density at radius 3 is 2.26 bits per heavy atom. The molecule has 2 aromatic rings. The minimum atomic E-state index is -0.259. The van der Waals surface area contributed by atoms with Gasteiger partial charge in [-0.05, 0) is 41.8 Å². The highest BCUT2D eigenvalue weighted by atomic mass is 19.1. The Balaban J connectivity index is 2.36. The number of nitrogens with one attached hydrogen (secondary N) is 1. The maximum atomic E-state index is 13.0. The molecule has 0 amide bonds. The number of hydrogen-bond acceptors (Lipinski definition) is 3. The van der Waals surface area contributed by atoms with E-state index in [1.165, 1.54) is 12.1 Å². The van der Waals surface area contributed by atoms with Crippen molar-refractivity contribution in [1.82, 2.24) is 5.43 Å². The SMILES string of the molecule is COc1ccc(C(NN)c2ccc(F)cc2)cc1C. The third-order valence-electron chi connectivity index (χ3n) is 3.12. The van der Waals surface area contributed by atoms with Crippen LogP contribution in [0, 0.1) is 12.7 Å². The van der Waals surface area contributed by atoms with Crippen LogP contribution in [-0.4, -0.2) is 7.11 Å². The zero-order valence-corrected chi connectivity index (χ0v) is 11.0. The lowest BCUT2D eigenvalue weighted by Crippen LogP contribution is -2.28. The zero-order valence-electron chi connectivity index (χ0n) is 11.0. The van der Waals surface area contributed by atoms with E-state index >= 15 is 0 Å². The number of benzene rings is 2. The maximum Gasteiger partial charge on any atom is 0.123 e. The van der Waals surface area contributed by atoms with Gasteiger partial charge >= 0.3 is 0 Å². The third-order valence-corrected chi connectivity index (χ3v) is 3.12. The minimum Gasteiger partial charge on any atom is -0.496 e. The van der Waals surface area contributed by atoms with Gasteiger partial charge in [0.25, 0.3) is 0 Å². The molecule has 100 valence electrons. The number of methoxy groups -OCH3 is 1. The highest BCUT2D eigenvalue weighted by molar-refractivity contribution is 5.40. The second-order valence-corrected chi connectivity index (χ2v) is 4.38. The van der Waals surface area contributed by atoms with Crippen molar-refractivity contribution in [2.75, 3.05) is 7.11 Å². The van der Waals surface area contributed by atoms with Crippen LogP contribution in [-0.2, 0) is 0 Å². The highest BCUT2D eigenvalue weighted by Gasteiger charge is 2.13. The van der Waals surface area contributed by atoms with E-state index in [1.54, 1.807) is 19.2 Å². The summed E-state index contributed by atoms with van der Waals surface area (Å²) in [6, 6.07) is 12.0. The van der Waals surface area contributed by atoms with Gasteiger partial charge in [0.1, 0.15) is 11.6 Å². The van der Waals surface area contributed by atoms with Crippen molar-refractivity contribution in [3.63, 3.8) is 0 Å². The average molecular weight is 260 g/mol. The summed E-state index contributed by atoms with van der Waals surface area (Å²) in [5.41, 5.74) is 5.70. The van der Waals surface area contributed by atoms with Crippen LogP contribution >= 0.6 is 0 Å². The fraction of sp³-hybridized carbons (Fsp3) is 0.200. The number of aryl methyl sites for hydroxylation is 1. The Morgan fingerprint density at radius 2 is 1.74 bits per heavy atom. The summed E-state index contributed by atoms with van der Waals surface area (Å²) in [5, 5.41) is 0. The second-order valence-electron chi connectivity index (χ2n) is 4.38. The lowest BCUT2D eigenvalue weighted by Gasteiger charge is -2.18. The predicted octanol–water partition coefficient (Wildman–Crippen LogP) is 2.70. The molecule has 0 aliphatic rings. The van der Waals surface area contributed by atoms with Crippen molar-refractivity contribution in [3.05, 3.63) is 65.0 Å². The smallest absolute Gasteiger partial charge is 0.123 e. The average Bonchev–Trinajstić information content (AvgIpc) is 2.42. The number of halogens is 1. The number of ether oxygens (including phenoxy) is 1. The van der Waals surface area contributed by atoms with Crippen molar-refractivity contribution >= 4 is 0 Å². The first-order valence-corrected chi connectivity index (χ1v) is 6.02. The first-order chi connectivity index (χ1) is 9.15. The molecule has 0 aromatic heterocycles. The third kappa shape index (κ3) is 2.92. The molecule has 0 spiro atoms. The van der Waals surface area contributed by atoms with E-state index in [1.807, 2.05) is 25.1 Å². The van der Waals surface area contributed by atoms with Gasteiger partial charge in [-0.25, -0.2) is 9.82 Å². The van der Waals surface area contributed by atoms with Crippen molar-refractivity contribution in [1.29, 1.82) is 0 Å². The molecule has 0 aliphatic heterocycles. The van der Waals surface area contributed by atoms with Crippen LogP contribution in [0.2, 0.25) is 0 Å². The Morgan fingerprint density at radius 1 is 1.11 bits per heavy atom. The normalized spacial score (nSPS) is 12.2. The maximum absolute atomic E-state index is 13.0. The monoisotopic (exact) mass is 260 g/mol. The quantitative estimate of drug-likeness (QED) is 0.656. The Bertz CT molecular complexity index is 555. The summed E-state index contributed by atoms with van der Waals surface area (Å²) >= 11 is 0. The first-order valence-electron chi connectivity index (χ1n) is 6.02. The van der Waals surface area contributed by atoms with Crippen LogP contribution in [0.15, 0.2) is 42.5 Å². The van der Waals surface area contributed by atoms with Gasteiger partial charge in [0.2, 0.25) is 0 Å². The fourth-order valence-corrected chi connectivity index (χ4v) is 2.12. The minimum absolute atomic E-state index is 0.176. The van der Waals surface area contributed by atoms with E-state index in [4.69, 9.17) is 10.6 Å². The molecule has 3 nitrogen and oxygen atoms in total. The van der Waals surface area contributed by atoms with E-state index in [0.717, 1.165) is 22.4 Å². The number of hydrogen-bond donors (Lipinski definition) is 2. The molecule has 19 heavy (non-hydrogen) atoms. The summed E-state index contributed by atoms with van der Waals surface area (Å²) in [6.45, 7) is 1.97. The molecule has 0 saturated heterocycles. The van der Waals surface area contributed by atoms with E-state index in [9.17, 15) is 4.39 Å². The van der Waals surface area contributed by atoms with Crippen LogP contribution in [0.5, 0.6) is 5.75 Å². The molecule has 0 fully saturated rings. The first kappa shape index (κ1) is 13.5. The Kier molecular flexibility index (Phi) is 4.14. The standard InChI is InChI=1S/C15H17FN2O/c1-10-9-12(5-8-14(10)19-2)15(18-17)11-3-6-13(16)7-4-11/h3-9,15,18H,17H2,1-2H3. The highest BCUT2D eigenvalue weighted by Crippen LogP contribution is 2.26. The molecular formula is C15H17FN2O. The van der Waals surface area contributed by atoms with Gasteiger partial charge in [0.15, 0.2) is 0 Å². The van der Waals surface area contributed by atoms with Crippen molar-refractivity contribution < 1.29 is 9.13 Å². The number of nitrogens with two attached hydrogens (primary N) is 1. The summed E-state index contributed by atoms with van der Waals surface area (Å²) in [5.74, 6) is 6.19.